The van der Waals surface area contributed by atoms with E-state index in [2.05, 4.69) is 0 Å². The van der Waals surface area contributed by atoms with Crippen molar-refractivity contribution in [2.75, 3.05) is 0 Å². The molecule has 0 radical (unpaired) electrons. The summed E-state index contributed by atoms with van der Waals surface area (Å²) in [5.41, 5.74) is 11.6. The molecule has 4 aromatic heterocycles. The highest BCUT2D eigenvalue weighted by Gasteiger charge is 2.22. The van der Waals surface area contributed by atoms with Crippen LogP contribution in [0.25, 0.3) is 45.0 Å². The van der Waals surface area contributed by atoms with Crippen LogP contribution in [0.2, 0.25) is 0 Å². The van der Waals surface area contributed by atoms with E-state index in [1.807, 2.05) is 57.6 Å². The molecule has 4 aromatic carbocycles. The quantitative estimate of drug-likeness (QED) is 0.121. The summed E-state index contributed by atoms with van der Waals surface area (Å²) in [6.07, 6.45) is 1.29. The summed E-state index contributed by atoms with van der Waals surface area (Å²) >= 11 is 0. The highest BCUT2D eigenvalue weighted by molar-refractivity contribution is 5.65. The first kappa shape index (κ1) is 33.9. The fraction of sp³-hybridized carbons (Fsp3) is 0.413. The van der Waals surface area contributed by atoms with Crippen LogP contribution in [-0.2, 0) is 47.3 Å². The van der Waals surface area contributed by atoms with Crippen LogP contribution in [0.1, 0.15) is 190 Å². The lowest BCUT2D eigenvalue weighted by atomic mass is 9.86. The van der Waals surface area contributed by atoms with Gasteiger partial charge >= 0.3 is 0 Å². The monoisotopic (exact) mass is 1090 g/mol. The predicted octanol–water partition coefficient (Wildman–Crippen LogP) is 17.2. The molecular formula is C75H102N4+4. The van der Waals surface area contributed by atoms with Crippen molar-refractivity contribution in [3.63, 3.8) is 0 Å². The van der Waals surface area contributed by atoms with Gasteiger partial charge in [0, 0.05) is 108 Å². The minimum atomic E-state index is -2.47. The van der Waals surface area contributed by atoms with E-state index >= 15 is 0 Å². The van der Waals surface area contributed by atoms with Gasteiger partial charge in [0.2, 0.25) is 22.8 Å². The Labute approximate surface area is 520 Å². The van der Waals surface area contributed by atoms with E-state index in [9.17, 15) is 0 Å². The van der Waals surface area contributed by atoms with Crippen molar-refractivity contribution in [3.05, 3.63) is 211 Å². The summed E-state index contributed by atoms with van der Waals surface area (Å²) in [6, 6.07) is 28.5. The third-order valence-corrected chi connectivity index (χ3v) is 13.0. The maximum Gasteiger partial charge on any atom is 0.212 e. The Morgan fingerprint density at radius 2 is 0.823 bits per heavy atom. The van der Waals surface area contributed by atoms with Gasteiger partial charge in [0.05, 0.1) is 0 Å². The number of rotatable bonds is 10. The number of hydrogen-bond acceptors (Lipinski definition) is 0. The van der Waals surface area contributed by atoms with Gasteiger partial charge in [-0.2, -0.15) is 0 Å². The number of nitrogens with zero attached hydrogens (tertiary/aromatic N) is 4. The molecule has 0 fully saturated rings. The molecule has 0 aliphatic heterocycles. The van der Waals surface area contributed by atoms with Gasteiger partial charge in [-0.05, 0) is 187 Å². The Morgan fingerprint density at radius 3 is 1.20 bits per heavy atom. The molecule has 1 unspecified atom stereocenters. The largest absolute Gasteiger partial charge is 0.212 e. The second kappa shape index (κ2) is 27.6. The van der Waals surface area contributed by atoms with E-state index in [4.69, 9.17) is 38.4 Å². The van der Waals surface area contributed by atoms with Crippen LogP contribution in [-0.4, -0.2) is 0 Å². The molecule has 0 aliphatic rings. The molecule has 418 valence electrons. The summed E-state index contributed by atoms with van der Waals surface area (Å²) in [5, 5.41) is 0. The summed E-state index contributed by atoms with van der Waals surface area (Å²) in [6.45, 7) is 6.81. The average Bonchev–Trinajstić information content (AvgIpc) is 0.860. The molecular weight excluding hydrogens is 957 g/mol. The van der Waals surface area contributed by atoms with Gasteiger partial charge in [-0.3, -0.25) is 0 Å². The fourth-order valence-corrected chi connectivity index (χ4v) is 9.25. The lowest BCUT2D eigenvalue weighted by Gasteiger charge is -2.19. The molecule has 4 nitrogen and oxygen atoms in total. The third-order valence-electron chi connectivity index (χ3n) is 13.0. The fourth-order valence-electron chi connectivity index (χ4n) is 9.25. The van der Waals surface area contributed by atoms with Crippen molar-refractivity contribution < 1.29 is 56.6 Å². The standard InChI is InChI=1S/C20H28N.C19H26N.2C18H24N/c1-14-8-9-18(15(2)10-14)19-11-17(12-20(4,5)6)16(3)13-21(19)7;1-13(2)9-17-11-19(20(6)12-16(17)5)18-8-7-14(3)10-15(18)4;1-12(2)17-11-19(6)18(10-15(17)5)16-8-7-13(3)9-14(16)4;1-13(2)10-16-8-9-19(5)18(12-16)17-7-6-14(3)11-15(17)4/h8-11,13H,12H2,1-7H3;7-8,10-13H,9H2,1-6H3;7-12H,1-6H3;6-9,11-13H,10H2,1-5H3/q4*+1/i1D3,3D3,12D2;3D3,5D3,9D2;1D3,3D3,12D;3D3,10D2. The van der Waals surface area contributed by atoms with Crippen molar-refractivity contribution in [1.29, 1.82) is 0 Å². The zero-order valence-corrected chi connectivity index (χ0v) is 49.6. The Morgan fingerprint density at radius 1 is 0.430 bits per heavy atom. The van der Waals surface area contributed by atoms with Crippen molar-refractivity contribution in [1.82, 2.24) is 0 Å². The number of aryl methyl sites for hydroxylation is 15. The highest BCUT2D eigenvalue weighted by Crippen LogP contribution is 2.30. The highest BCUT2D eigenvalue weighted by atomic mass is 14.9. The number of pyridine rings is 4. The van der Waals surface area contributed by atoms with Gasteiger partial charge in [0.25, 0.3) is 0 Å². The number of hydrogen-bond donors (Lipinski definition) is 0. The Hall–Kier alpha value is -6.52. The maximum absolute atomic E-state index is 8.67. The Bertz CT molecular complexity index is 4520. The van der Waals surface area contributed by atoms with Gasteiger partial charge in [-0.15, -0.1) is 0 Å². The van der Waals surface area contributed by atoms with Crippen molar-refractivity contribution in [2.45, 2.75) is 163 Å². The van der Waals surface area contributed by atoms with Gasteiger partial charge in [0.1, 0.15) is 28.2 Å². The number of benzene rings is 4. The first-order valence-corrected chi connectivity index (χ1v) is 26.6. The maximum atomic E-state index is 8.67. The molecule has 0 bridgehead atoms. The second-order valence-corrected chi connectivity index (χ2v) is 22.2. The lowest BCUT2D eigenvalue weighted by molar-refractivity contribution is -0.661. The summed E-state index contributed by atoms with van der Waals surface area (Å²) in [5.74, 6) is -2.28. The van der Waals surface area contributed by atoms with E-state index in [-0.39, 0.29) is 44.9 Å². The van der Waals surface area contributed by atoms with Crippen LogP contribution >= 0.6 is 0 Å². The van der Waals surface area contributed by atoms with Gasteiger partial charge in [-0.1, -0.05) is 133 Å². The van der Waals surface area contributed by atoms with Crippen LogP contribution in [0.4, 0.5) is 0 Å². The molecule has 0 amide bonds. The minimum Gasteiger partial charge on any atom is -0.201 e. The molecule has 0 spiro atoms. The van der Waals surface area contributed by atoms with E-state index in [1.54, 1.807) is 175 Å². The molecule has 8 rings (SSSR count). The predicted molar refractivity (Wildman–Crippen MR) is 339 cm³/mol. The lowest BCUT2D eigenvalue weighted by Crippen LogP contribution is -2.32. The molecule has 1 atom stereocenters. The molecule has 79 heavy (non-hydrogen) atoms. The summed E-state index contributed by atoms with van der Waals surface area (Å²) < 4.78 is 227. The third kappa shape index (κ3) is 17.7. The first-order valence-electron chi connectivity index (χ1n) is 40.6. The van der Waals surface area contributed by atoms with Gasteiger partial charge < -0.3 is 0 Å². The first-order chi connectivity index (χ1) is 48.0. The molecule has 8 aromatic rings. The van der Waals surface area contributed by atoms with E-state index in [0.717, 1.165) is 55.9 Å². The van der Waals surface area contributed by atoms with E-state index < -0.39 is 84.3 Å². The molecule has 0 saturated carbocycles. The second-order valence-electron chi connectivity index (χ2n) is 22.2. The molecule has 4 heteroatoms. The zero-order valence-electron chi connectivity index (χ0n) is 77.6. The van der Waals surface area contributed by atoms with E-state index in [0.29, 0.717) is 33.6 Å². The van der Waals surface area contributed by atoms with Crippen LogP contribution in [0.5, 0.6) is 0 Å². The average molecular weight is 1090 g/mol. The SMILES string of the molecule is [2H]C([2H])([2H])c1ccc(-c2cc(C([2H])([2H])C(C)(C)C)c(C([2H])([2H])[2H])c[n+]2C)c(C)c1.[2H]C([2H])([2H])c1ccc(-c2cc(C([2H])([2H])C(C)C)c(C([2H])([2H])[2H])c[n+]2C)c(C)c1.[2H]C([2H])([2H])c1ccc(-c2cc(C([2H])([2H])C(C)C)cc[n+]2C)c(C)c1.[2H]C([2H])([2H])c1ccc(-c2cc(C)c(C([2H])(C)C([2H])([2H])[2H])c[n+]2C)c(C)c1. The number of aromatic nitrogens is 4. The van der Waals surface area contributed by atoms with Gasteiger partial charge in [0.15, 0.2) is 24.8 Å². The van der Waals surface area contributed by atoms with Gasteiger partial charge in [-0.25, -0.2) is 18.3 Å². The smallest absolute Gasteiger partial charge is 0.201 e. The molecule has 0 aliphatic carbocycles. The normalized spacial score (nSPS) is 18.9. The van der Waals surface area contributed by atoms with E-state index in [1.165, 1.54) is 31.5 Å². The van der Waals surface area contributed by atoms with Crippen LogP contribution < -0.4 is 18.3 Å². The molecule has 0 saturated heterocycles. The summed E-state index contributed by atoms with van der Waals surface area (Å²) in [7, 11) is 7.11. The zero-order chi connectivity index (χ0) is 82.6. The van der Waals surface area contributed by atoms with Crippen LogP contribution in [0, 0.1) is 93.0 Å². The topological polar surface area (TPSA) is 15.5 Å². The summed E-state index contributed by atoms with van der Waals surface area (Å²) in [4.78, 5) is 0. The Balaban J connectivity index is 0.000000256. The molecule has 4 heterocycles. The van der Waals surface area contributed by atoms with Crippen LogP contribution in [0.15, 0.2) is 128 Å². The molecule has 0 N–H and O–H groups in total. The van der Waals surface area contributed by atoms with Crippen molar-refractivity contribution in [2.24, 2.45) is 45.4 Å². The minimum absolute atomic E-state index is 0.0192. The Kier molecular flexibility index (Phi) is 11.8. The van der Waals surface area contributed by atoms with Crippen molar-refractivity contribution in [3.8, 4) is 45.0 Å². The van der Waals surface area contributed by atoms with Crippen molar-refractivity contribution >= 4 is 0 Å². The van der Waals surface area contributed by atoms with Crippen LogP contribution in [0.3, 0.4) is 0 Å².